The predicted molar refractivity (Wildman–Crippen MR) is 41.7 cm³/mol. The van der Waals surface area contributed by atoms with Gasteiger partial charge in [0.1, 0.15) is 0 Å². The highest BCUT2D eigenvalue weighted by Crippen LogP contribution is 2.33. The summed E-state index contributed by atoms with van der Waals surface area (Å²) in [5.41, 5.74) is 5.15. The second kappa shape index (κ2) is 3.11. The lowest BCUT2D eigenvalue weighted by Crippen LogP contribution is -2.04. The molecule has 0 aliphatic heterocycles. The van der Waals surface area contributed by atoms with Crippen molar-refractivity contribution >= 4 is 16.9 Å². The summed E-state index contributed by atoms with van der Waals surface area (Å²) in [6.45, 7) is 0. The first-order chi connectivity index (χ1) is 4.29. The molecule has 3 heteroatoms. The van der Waals surface area contributed by atoms with Crippen molar-refractivity contribution in [1.82, 2.24) is 0 Å². The second-order valence-corrected chi connectivity index (χ2v) is 3.58. The summed E-state index contributed by atoms with van der Waals surface area (Å²) in [5.74, 6) is 2.01. The molecule has 0 bridgehead atoms. The van der Waals surface area contributed by atoms with Crippen LogP contribution in [0.1, 0.15) is 19.3 Å². The van der Waals surface area contributed by atoms with Crippen LogP contribution < -0.4 is 5.73 Å². The Kier molecular flexibility index (Phi) is 2.39. The van der Waals surface area contributed by atoms with E-state index in [1.807, 2.05) is 0 Å². The zero-order valence-electron chi connectivity index (χ0n) is 5.39. The van der Waals surface area contributed by atoms with E-state index in [1.54, 1.807) is 0 Å². The fourth-order valence-electron chi connectivity index (χ4n) is 0.742. The van der Waals surface area contributed by atoms with Gasteiger partial charge in [0.25, 0.3) is 0 Å². The van der Waals surface area contributed by atoms with Gasteiger partial charge in [0, 0.05) is 5.75 Å². The van der Waals surface area contributed by atoms with E-state index in [2.05, 4.69) is 0 Å². The van der Waals surface area contributed by atoms with Gasteiger partial charge in [-0.25, -0.2) is 0 Å². The lowest BCUT2D eigenvalue weighted by molar-refractivity contribution is 0.810. The fraction of sp³-hybridized carbons (Fsp3) is 0.833. The Morgan fingerprint density at radius 2 is 2.33 bits per heavy atom. The van der Waals surface area contributed by atoms with Crippen molar-refractivity contribution in [3.63, 3.8) is 0 Å². The third kappa shape index (κ3) is 3.40. The van der Waals surface area contributed by atoms with E-state index >= 15 is 0 Å². The molecule has 0 atom stereocenters. The van der Waals surface area contributed by atoms with Crippen LogP contribution in [-0.4, -0.2) is 10.9 Å². The van der Waals surface area contributed by atoms with Crippen LogP contribution >= 0.6 is 11.8 Å². The monoisotopic (exact) mass is 144 g/mol. The third-order valence-electron chi connectivity index (χ3n) is 1.48. The Labute approximate surface area is 59.7 Å². The van der Waals surface area contributed by atoms with Gasteiger partial charge in [-0.1, -0.05) is 24.6 Å². The van der Waals surface area contributed by atoms with Crippen molar-refractivity contribution in [3.8, 4) is 0 Å². The van der Waals surface area contributed by atoms with E-state index in [0.717, 1.165) is 11.7 Å². The molecule has 0 unspecified atom stereocenters. The van der Waals surface area contributed by atoms with Crippen molar-refractivity contribution in [3.05, 3.63) is 0 Å². The van der Waals surface area contributed by atoms with E-state index in [4.69, 9.17) is 11.1 Å². The zero-order valence-corrected chi connectivity index (χ0v) is 6.21. The lowest BCUT2D eigenvalue weighted by Gasteiger charge is -1.94. The number of rotatable bonds is 3. The summed E-state index contributed by atoms with van der Waals surface area (Å²) in [4.78, 5) is 0. The van der Waals surface area contributed by atoms with Crippen LogP contribution in [0, 0.1) is 11.3 Å². The molecule has 1 saturated carbocycles. The Hall–Kier alpha value is -0.180. The molecule has 0 saturated heterocycles. The van der Waals surface area contributed by atoms with Crippen LogP contribution in [0.5, 0.6) is 0 Å². The van der Waals surface area contributed by atoms with E-state index in [1.165, 1.54) is 31.0 Å². The molecule has 0 radical (unpaired) electrons. The largest absolute Gasteiger partial charge is 0.379 e. The van der Waals surface area contributed by atoms with E-state index in [-0.39, 0.29) is 5.17 Å². The van der Waals surface area contributed by atoms with Crippen LogP contribution in [0.25, 0.3) is 0 Å². The highest BCUT2D eigenvalue weighted by atomic mass is 32.2. The molecule has 0 spiro atoms. The third-order valence-corrected chi connectivity index (χ3v) is 2.23. The fourth-order valence-corrected chi connectivity index (χ4v) is 1.41. The van der Waals surface area contributed by atoms with Gasteiger partial charge in [-0.2, -0.15) is 0 Å². The van der Waals surface area contributed by atoms with Crippen LogP contribution in [0.2, 0.25) is 0 Å². The van der Waals surface area contributed by atoms with E-state index in [0.29, 0.717) is 0 Å². The molecule has 0 aromatic heterocycles. The number of hydrogen-bond donors (Lipinski definition) is 2. The number of hydrogen-bond acceptors (Lipinski definition) is 2. The molecule has 1 aliphatic carbocycles. The average molecular weight is 144 g/mol. The maximum atomic E-state index is 6.90. The smallest absolute Gasteiger partial charge is 0.151 e. The van der Waals surface area contributed by atoms with Gasteiger partial charge in [-0.05, 0) is 12.3 Å². The Balaban J connectivity index is 1.86. The maximum absolute atomic E-state index is 6.90. The molecular weight excluding hydrogens is 132 g/mol. The minimum atomic E-state index is 0.260. The molecule has 9 heavy (non-hydrogen) atoms. The first-order valence-corrected chi connectivity index (χ1v) is 4.24. The summed E-state index contributed by atoms with van der Waals surface area (Å²) in [5, 5.41) is 7.16. The van der Waals surface area contributed by atoms with Crippen LogP contribution in [0.3, 0.4) is 0 Å². The van der Waals surface area contributed by atoms with E-state index < -0.39 is 0 Å². The van der Waals surface area contributed by atoms with E-state index in [9.17, 15) is 0 Å². The number of nitrogens with one attached hydrogen (secondary N) is 1. The summed E-state index contributed by atoms with van der Waals surface area (Å²) in [7, 11) is 0. The Morgan fingerprint density at radius 1 is 1.67 bits per heavy atom. The summed E-state index contributed by atoms with van der Waals surface area (Å²) in [6.07, 6.45) is 4.06. The molecule has 1 fully saturated rings. The van der Waals surface area contributed by atoms with Gasteiger partial charge in [-0.15, -0.1) is 0 Å². The van der Waals surface area contributed by atoms with Crippen LogP contribution in [0.4, 0.5) is 0 Å². The second-order valence-electron chi connectivity index (χ2n) is 2.44. The number of nitrogens with two attached hydrogens (primary N) is 1. The molecule has 0 amide bonds. The minimum Gasteiger partial charge on any atom is -0.379 e. The topological polar surface area (TPSA) is 49.9 Å². The molecular formula is C6H12N2S. The van der Waals surface area contributed by atoms with Gasteiger partial charge < -0.3 is 5.73 Å². The normalized spacial score (nSPS) is 17.8. The Bertz CT molecular complexity index is 110. The standard InChI is InChI=1S/C6H12N2S/c7-6(8)9-4-3-5-1-2-5/h5H,1-4H2,(H3,7,8). The van der Waals surface area contributed by atoms with Gasteiger partial charge in [0.05, 0.1) is 0 Å². The zero-order chi connectivity index (χ0) is 6.69. The molecule has 3 N–H and O–H groups in total. The highest BCUT2D eigenvalue weighted by molar-refractivity contribution is 8.13. The van der Waals surface area contributed by atoms with Crippen LogP contribution in [-0.2, 0) is 0 Å². The van der Waals surface area contributed by atoms with Crippen molar-refractivity contribution in [2.24, 2.45) is 11.7 Å². The molecule has 0 aromatic rings. The van der Waals surface area contributed by atoms with Gasteiger partial charge in [0.2, 0.25) is 0 Å². The van der Waals surface area contributed by atoms with Crippen molar-refractivity contribution in [2.45, 2.75) is 19.3 Å². The Morgan fingerprint density at radius 3 is 2.78 bits per heavy atom. The maximum Gasteiger partial charge on any atom is 0.151 e. The van der Waals surface area contributed by atoms with Gasteiger partial charge in [0.15, 0.2) is 5.17 Å². The summed E-state index contributed by atoms with van der Waals surface area (Å²) in [6, 6.07) is 0. The first-order valence-electron chi connectivity index (χ1n) is 3.26. The summed E-state index contributed by atoms with van der Waals surface area (Å²) >= 11 is 1.46. The minimum absolute atomic E-state index is 0.260. The number of amidine groups is 1. The first kappa shape index (κ1) is 6.93. The molecule has 52 valence electrons. The molecule has 0 aromatic carbocycles. The number of thioether (sulfide) groups is 1. The summed E-state index contributed by atoms with van der Waals surface area (Å²) < 4.78 is 0. The van der Waals surface area contributed by atoms with Crippen LogP contribution in [0.15, 0.2) is 0 Å². The average Bonchev–Trinajstić information content (AvgIpc) is 2.48. The SMILES string of the molecule is N=C(N)SCCC1CC1. The quantitative estimate of drug-likeness (QED) is 0.465. The van der Waals surface area contributed by atoms with Crippen molar-refractivity contribution in [2.75, 3.05) is 5.75 Å². The highest BCUT2D eigenvalue weighted by Gasteiger charge is 2.20. The van der Waals surface area contributed by atoms with Gasteiger partial charge in [-0.3, -0.25) is 5.41 Å². The van der Waals surface area contributed by atoms with Crippen molar-refractivity contribution < 1.29 is 0 Å². The molecule has 1 aliphatic rings. The predicted octanol–water partition coefficient (Wildman–Crippen LogP) is 1.41. The lowest BCUT2D eigenvalue weighted by atomic mass is 10.3. The van der Waals surface area contributed by atoms with Gasteiger partial charge >= 0.3 is 0 Å². The molecule has 0 heterocycles. The molecule has 1 rings (SSSR count). The van der Waals surface area contributed by atoms with Crippen molar-refractivity contribution in [1.29, 1.82) is 5.41 Å². The molecule has 2 nitrogen and oxygen atoms in total.